The summed E-state index contributed by atoms with van der Waals surface area (Å²) in [5.41, 5.74) is -0.145. The number of H-pyrrole nitrogens is 1. The predicted octanol–water partition coefficient (Wildman–Crippen LogP) is 0.826. The molecule has 1 N–H and O–H groups in total. The molecule has 0 saturated heterocycles. The predicted molar refractivity (Wildman–Crippen MR) is 56.1 cm³/mol. The fourth-order valence-electron chi connectivity index (χ4n) is 1.49. The van der Waals surface area contributed by atoms with Gasteiger partial charge in [0.05, 0.1) is 0 Å². The van der Waals surface area contributed by atoms with Gasteiger partial charge in [0.1, 0.15) is 17.5 Å². The summed E-state index contributed by atoms with van der Waals surface area (Å²) in [6.45, 7) is 3.77. The smallest absolute Gasteiger partial charge is 0.253 e. The van der Waals surface area contributed by atoms with E-state index in [4.69, 9.17) is 0 Å². The summed E-state index contributed by atoms with van der Waals surface area (Å²) in [5, 5.41) is 0. The molecule has 5 nitrogen and oxygen atoms in total. The van der Waals surface area contributed by atoms with Gasteiger partial charge in [0, 0.05) is 24.9 Å². The Morgan fingerprint density at radius 2 is 2.33 bits per heavy atom. The van der Waals surface area contributed by atoms with Crippen molar-refractivity contribution in [1.29, 1.82) is 0 Å². The van der Waals surface area contributed by atoms with Crippen LogP contribution in [-0.4, -0.2) is 19.5 Å². The van der Waals surface area contributed by atoms with E-state index in [1.165, 1.54) is 6.07 Å². The summed E-state index contributed by atoms with van der Waals surface area (Å²) in [6, 6.07) is 1.47. The maximum absolute atomic E-state index is 11.3. The highest BCUT2D eigenvalue weighted by Gasteiger charge is 2.05. The van der Waals surface area contributed by atoms with Gasteiger partial charge in [0.2, 0.25) is 0 Å². The Hall–Kier alpha value is -1.91. The van der Waals surface area contributed by atoms with Crippen LogP contribution in [0.15, 0.2) is 23.3 Å². The molecular formula is C10H12N4O. The van der Waals surface area contributed by atoms with Gasteiger partial charge < -0.3 is 4.98 Å². The number of nitrogens with zero attached hydrogens (tertiary/aromatic N) is 3. The molecule has 0 atom stereocenters. The second kappa shape index (κ2) is 3.68. The van der Waals surface area contributed by atoms with Crippen LogP contribution in [-0.2, 0) is 6.42 Å². The van der Waals surface area contributed by atoms with Gasteiger partial charge in [-0.1, -0.05) is 6.92 Å². The monoisotopic (exact) mass is 204 g/mol. The molecule has 0 aromatic carbocycles. The summed E-state index contributed by atoms with van der Waals surface area (Å²) in [6.07, 6.45) is 4.32. The van der Waals surface area contributed by atoms with Crippen molar-refractivity contribution in [3.63, 3.8) is 0 Å². The number of aromatic nitrogens is 4. The molecular weight excluding hydrogens is 192 g/mol. The zero-order chi connectivity index (χ0) is 10.8. The second-order valence-corrected chi connectivity index (χ2v) is 3.26. The maximum atomic E-state index is 11.3. The lowest BCUT2D eigenvalue weighted by Crippen LogP contribution is -2.12. The van der Waals surface area contributed by atoms with Crippen molar-refractivity contribution in [2.24, 2.45) is 0 Å². The number of nitrogens with one attached hydrogen (secondary N) is 1. The van der Waals surface area contributed by atoms with Crippen molar-refractivity contribution < 1.29 is 0 Å². The van der Waals surface area contributed by atoms with Gasteiger partial charge in [-0.05, 0) is 6.92 Å². The third-order valence-electron chi connectivity index (χ3n) is 2.13. The normalized spacial score (nSPS) is 10.5. The first kappa shape index (κ1) is 9.64. The molecule has 15 heavy (non-hydrogen) atoms. The molecule has 0 saturated carbocycles. The molecule has 0 unspecified atom stereocenters. The Bertz CT molecular complexity index is 526. The number of hydrogen-bond donors (Lipinski definition) is 1. The molecule has 0 aliphatic heterocycles. The van der Waals surface area contributed by atoms with E-state index in [0.717, 1.165) is 12.2 Å². The summed E-state index contributed by atoms with van der Waals surface area (Å²) < 4.78 is 1.82. The first-order valence-electron chi connectivity index (χ1n) is 4.81. The number of imidazole rings is 1. The first-order chi connectivity index (χ1) is 7.20. The van der Waals surface area contributed by atoms with Crippen LogP contribution in [0.5, 0.6) is 0 Å². The lowest BCUT2D eigenvalue weighted by molar-refractivity contribution is 0.846. The Morgan fingerprint density at radius 3 is 3.00 bits per heavy atom. The van der Waals surface area contributed by atoms with Crippen molar-refractivity contribution in [3.8, 4) is 5.82 Å². The van der Waals surface area contributed by atoms with Crippen LogP contribution in [0.1, 0.15) is 18.6 Å². The summed E-state index contributed by atoms with van der Waals surface area (Å²) in [5.74, 6) is 2.12. The number of aryl methyl sites for hydroxylation is 2. The Morgan fingerprint density at radius 1 is 1.53 bits per heavy atom. The van der Waals surface area contributed by atoms with Crippen LogP contribution < -0.4 is 5.56 Å². The molecule has 0 bridgehead atoms. The van der Waals surface area contributed by atoms with Gasteiger partial charge >= 0.3 is 0 Å². The second-order valence-electron chi connectivity index (χ2n) is 3.26. The minimum Gasteiger partial charge on any atom is -0.311 e. The molecule has 2 aromatic rings. The number of aromatic amines is 1. The van der Waals surface area contributed by atoms with Crippen molar-refractivity contribution in [1.82, 2.24) is 19.5 Å². The van der Waals surface area contributed by atoms with Gasteiger partial charge in [0.15, 0.2) is 0 Å². The lowest BCUT2D eigenvalue weighted by Gasteiger charge is -2.05. The van der Waals surface area contributed by atoms with Crippen LogP contribution in [0.2, 0.25) is 0 Å². The highest BCUT2D eigenvalue weighted by atomic mass is 16.1. The quantitative estimate of drug-likeness (QED) is 0.787. The first-order valence-corrected chi connectivity index (χ1v) is 4.81. The van der Waals surface area contributed by atoms with E-state index >= 15 is 0 Å². The molecule has 0 radical (unpaired) electrons. The standard InChI is InChI=1S/C10H12N4O/c1-3-8-11-4-5-14(8)9-6-10(15)13-7(2)12-9/h4-6H,3H2,1-2H3,(H,12,13,15). The van der Waals surface area contributed by atoms with Gasteiger partial charge in [-0.2, -0.15) is 0 Å². The molecule has 0 aliphatic rings. The highest BCUT2D eigenvalue weighted by Crippen LogP contribution is 2.06. The fourth-order valence-corrected chi connectivity index (χ4v) is 1.49. The molecule has 0 aliphatic carbocycles. The van der Waals surface area contributed by atoms with Crippen LogP contribution in [0.4, 0.5) is 0 Å². The average Bonchev–Trinajstić information content (AvgIpc) is 2.63. The third-order valence-corrected chi connectivity index (χ3v) is 2.13. The van der Waals surface area contributed by atoms with Gasteiger partial charge in [-0.25, -0.2) is 9.97 Å². The van der Waals surface area contributed by atoms with Crippen LogP contribution in [0, 0.1) is 6.92 Å². The zero-order valence-electron chi connectivity index (χ0n) is 8.69. The van der Waals surface area contributed by atoms with Crippen molar-refractivity contribution >= 4 is 0 Å². The highest BCUT2D eigenvalue weighted by molar-refractivity contribution is 5.23. The largest absolute Gasteiger partial charge is 0.311 e. The van der Waals surface area contributed by atoms with Gasteiger partial charge in [-0.15, -0.1) is 0 Å². The minimum atomic E-state index is -0.145. The lowest BCUT2D eigenvalue weighted by atomic mass is 10.4. The van der Waals surface area contributed by atoms with E-state index in [1.54, 1.807) is 19.3 Å². The fraction of sp³-hybridized carbons (Fsp3) is 0.300. The van der Waals surface area contributed by atoms with E-state index in [0.29, 0.717) is 11.6 Å². The Balaban J connectivity index is 2.58. The van der Waals surface area contributed by atoms with E-state index in [9.17, 15) is 4.79 Å². The molecule has 2 rings (SSSR count). The molecule has 5 heteroatoms. The van der Waals surface area contributed by atoms with Gasteiger partial charge in [-0.3, -0.25) is 9.36 Å². The van der Waals surface area contributed by atoms with Gasteiger partial charge in [0.25, 0.3) is 5.56 Å². The summed E-state index contributed by atoms with van der Waals surface area (Å²) >= 11 is 0. The molecule has 0 amide bonds. The van der Waals surface area contributed by atoms with E-state index < -0.39 is 0 Å². The van der Waals surface area contributed by atoms with E-state index in [2.05, 4.69) is 15.0 Å². The van der Waals surface area contributed by atoms with Crippen LogP contribution in [0.3, 0.4) is 0 Å². The summed E-state index contributed by atoms with van der Waals surface area (Å²) in [4.78, 5) is 22.3. The third kappa shape index (κ3) is 1.81. The van der Waals surface area contributed by atoms with Crippen molar-refractivity contribution in [2.45, 2.75) is 20.3 Å². The summed E-state index contributed by atoms with van der Waals surface area (Å²) in [7, 11) is 0. The average molecular weight is 204 g/mol. The molecule has 78 valence electrons. The zero-order valence-corrected chi connectivity index (χ0v) is 8.69. The molecule has 2 aromatic heterocycles. The van der Waals surface area contributed by atoms with Crippen LogP contribution >= 0.6 is 0 Å². The number of rotatable bonds is 2. The Labute approximate surface area is 86.8 Å². The molecule has 2 heterocycles. The van der Waals surface area contributed by atoms with Crippen molar-refractivity contribution in [3.05, 3.63) is 40.5 Å². The minimum absolute atomic E-state index is 0.145. The molecule has 0 spiro atoms. The maximum Gasteiger partial charge on any atom is 0.253 e. The van der Waals surface area contributed by atoms with E-state index in [1.807, 2.05) is 11.5 Å². The van der Waals surface area contributed by atoms with Crippen LogP contribution in [0.25, 0.3) is 5.82 Å². The topological polar surface area (TPSA) is 63.6 Å². The molecule has 0 fully saturated rings. The van der Waals surface area contributed by atoms with E-state index in [-0.39, 0.29) is 5.56 Å². The number of hydrogen-bond acceptors (Lipinski definition) is 3. The Kier molecular flexibility index (Phi) is 2.37. The SMILES string of the molecule is CCc1nccn1-c1cc(=O)[nH]c(C)n1. The van der Waals surface area contributed by atoms with Crippen molar-refractivity contribution in [2.75, 3.05) is 0 Å².